The zero-order valence-electron chi connectivity index (χ0n) is 21.4. The Labute approximate surface area is 210 Å². The first-order valence-electron chi connectivity index (χ1n) is 12.7. The van der Waals surface area contributed by atoms with Crippen LogP contribution in [0.5, 0.6) is 0 Å². The summed E-state index contributed by atoms with van der Waals surface area (Å²) >= 11 is 0. The summed E-state index contributed by atoms with van der Waals surface area (Å²) in [5, 5.41) is 13.8. The Bertz CT molecular complexity index is 1320. The molecule has 10 nitrogen and oxygen atoms in total. The number of pyridine rings is 1. The number of rotatable bonds is 7. The molecule has 3 aromatic heterocycles. The summed E-state index contributed by atoms with van der Waals surface area (Å²) in [6.45, 7) is 4.27. The molecule has 0 spiro atoms. The molecule has 0 aliphatic heterocycles. The van der Waals surface area contributed by atoms with Crippen LogP contribution in [0.4, 0.5) is 17.3 Å². The first-order valence-corrected chi connectivity index (χ1v) is 12.7. The molecule has 2 unspecified atom stereocenters. The number of methoxy groups -OCH3 is 1. The molecule has 0 saturated heterocycles. The maximum atomic E-state index is 13.4. The summed E-state index contributed by atoms with van der Waals surface area (Å²) in [6, 6.07) is 5.72. The molecule has 36 heavy (non-hydrogen) atoms. The molecule has 3 N–H and O–H groups in total. The molecule has 192 valence electrons. The number of aromatic nitrogens is 4. The lowest BCUT2D eigenvalue weighted by atomic mass is 9.81. The smallest absolute Gasteiger partial charge is 0.274 e. The van der Waals surface area contributed by atoms with E-state index in [9.17, 15) is 9.59 Å². The molecular formula is C26H35N7O3. The highest BCUT2D eigenvalue weighted by atomic mass is 16.5. The number of carbonyl (C=O) groups is 1. The van der Waals surface area contributed by atoms with Crippen molar-refractivity contribution in [2.75, 3.05) is 24.8 Å². The molecule has 0 bridgehead atoms. The first-order chi connectivity index (χ1) is 17.3. The Balaban J connectivity index is 1.42. The molecule has 5 rings (SSSR count). The van der Waals surface area contributed by atoms with Gasteiger partial charge in [-0.2, -0.15) is 9.61 Å². The maximum Gasteiger partial charge on any atom is 0.274 e. The molecule has 0 radical (unpaired) electrons. The fourth-order valence-corrected chi connectivity index (χ4v) is 5.22. The van der Waals surface area contributed by atoms with Gasteiger partial charge in [0.2, 0.25) is 0 Å². The van der Waals surface area contributed by atoms with Gasteiger partial charge < -0.3 is 25.3 Å². The van der Waals surface area contributed by atoms with Crippen LogP contribution < -0.4 is 21.5 Å². The average Bonchev–Trinajstić information content (AvgIpc) is 3.32. The SMILES string of the molecule is CNc1cc(Nc2cccn(C3CCC(C)(OC)CC3)c2=O)nc2c(C(=O)NC3CCC3C)cnn12. The number of hydrogen-bond donors (Lipinski definition) is 3. The molecule has 10 heteroatoms. The molecule has 0 aromatic carbocycles. The summed E-state index contributed by atoms with van der Waals surface area (Å²) in [6.07, 6.45) is 9.09. The monoisotopic (exact) mass is 493 g/mol. The standard InChI is InChI=1S/C26H35N7O3/c1-16-7-8-19(16)30-24(34)18-15-28-33-22(27-3)14-21(31-23(18)33)29-20-6-5-13-32(25(20)35)17-9-11-26(2,36-4)12-10-17/h5-6,13-17,19,27H,7-12H2,1-4H3,(H,29,31)(H,30,34). The van der Waals surface area contributed by atoms with Crippen LogP contribution in [-0.2, 0) is 4.74 Å². The van der Waals surface area contributed by atoms with Gasteiger partial charge in [-0.25, -0.2) is 4.98 Å². The van der Waals surface area contributed by atoms with Crippen LogP contribution in [0.15, 0.2) is 35.4 Å². The second-order valence-corrected chi connectivity index (χ2v) is 10.3. The van der Waals surface area contributed by atoms with Gasteiger partial charge in [0.1, 0.15) is 22.9 Å². The van der Waals surface area contributed by atoms with Gasteiger partial charge in [-0.05, 0) is 63.5 Å². The fraction of sp³-hybridized carbons (Fsp3) is 0.538. The van der Waals surface area contributed by atoms with Crippen LogP contribution in [0.25, 0.3) is 5.65 Å². The van der Waals surface area contributed by atoms with E-state index in [4.69, 9.17) is 4.74 Å². The van der Waals surface area contributed by atoms with E-state index in [0.29, 0.717) is 34.5 Å². The molecule has 2 aliphatic rings. The topological polar surface area (TPSA) is 115 Å². The number of carbonyl (C=O) groups excluding carboxylic acids is 1. The minimum atomic E-state index is -0.185. The number of nitrogens with zero attached hydrogens (tertiary/aromatic N) is 4. The van der Waals surface area contributed by atoms with Gasteiger partial charge in [-0.15, -0.1) is 0 Å². The first kappa shape index (κ1) is 24.3. The van der Waals surface area contributed by atoms with Crippen molar-refractivity contribution in [3.8, 4) is 0 Å². The van der Waals surface area contributed by atoms with Crippen molar-refractivity contribution >= 4 is 28.9 Å². The number of amides is 1. The van der Waals surface area contributed by atoms with Crippen LogP contribution >= 0.6 is 0 Å². The lowest BCUT2D eigenvalue weighted by Crippen LogP contribution is -2.45. The van der Waals surface area contributed by atoms with Gasteiger partial charge in [-0.3, -0.25) is 9.59 Å². The highest BCUT2D eigenvalue weighted by molar-refractivity contribution is 6.00. The molecule has 2 fully saturated rings. The quantitative estimate of drug-likeness (QED) is 0.459. The molecular weight excluding hydrogens is 458 g/mol. The zero-order valence-corrected chi connectivity index (χ0v) is 21.4. The van der Waals surface area contributed by atoms with Crippen molar-refractivity contribution in [3.63, 3.8) is 0 Å². The molecule has 2 aliphatic carbocycles. The summed E-state index contributed by atoms with van der Waals surface area (Å²) < 4.78 is 9.07. The molecule has 1 amide bonds. The van der Waals surface area contributed by atoms with E-state index in [1.54, 1.807) is 30.8 Å². The van der Waals surface area contributed by atoms with E-state index in [1.165, 1.54) is 6.20 Å². The summed E-state index contributed by atoms with van der Waals surface area (Å²) in [5.74, 6) is 1.40. The van der Waals surface area contributed by atoms with Crippen molar-refractivity contribution in [3.05, 3.63) is 46.5 Å². The van der Waals surface area contributed by atoms with Crippen LogP contribution in [0.2, 0.25) is 0 Å². The van der Waals surface area contributed by atoms with Gasteiger partial charge in [0.15, 0.2) is 5.65 Å². The van der Waals surface area contributed by atoms with E-state index in [-0.39, 0.29) is 29.2 Å². The van der Waals surface area contributed by atoms with Crippen LogP contribution in [0.1, 0.15) is 68.8 Å². The van der Waals surface area contributed by atoms with Gasteiger partial charge in [0, 0.05) is 38.5 Å². The molecule has 3 aromatic rings. The minimum Gasteiger partial charge on any atom is -0.379 e. The zero-order chi connectivity index (χ0) is 25.4. The molecule has 2 atom stereocenters. The van der Waals surface area contributed by atoms with Crippen molar-refractivity contribution in [2.45, 2.75) is 70.1 Å². The largest absolute Gasteiger partial charge is 0.379 e. The second kappa shape index (κ2) is 9.57. The maximum absolute atomic E-state index is 13.4. The third-order valence-electron chi connectivity index (χ3n) is 8.05. The number of nitrogens with one attached hydrogen (secondary N) is 3. The third kappa shape index (κ3) is 4.45. The Morgan fingerprint density at radius 3 is 2.64 bits per heavy atom. The normalized spacial score (nSPS) is 25.8. The predicted octanol–water partition coefficient (Wildman–Crippen LogP) is 3.72. The van der Waals surface area contributed by atoms with Gasteiger partial charge in [0.05, 0.1) is 11.8 Å². The average molecular weight is 494 g/mol. The van der Waals surface area contributed by atoms with Crippen molar-refractivity contribution in [1.29, 1.82) is 0 Å². The number of anilines is 3. The number of ether oxygens (including phenoxy) is 1. The number of hydrogen-bond acceptors (Lipinski definition) is 7. The summed E-state index contributed by atoms with van der Waals surface area (Å²) in [7, 11) is 3.53. The van der Waals surface area contributed by atoms with E-state index in [1.807, 2.05) is 16.8 Å². The van der Waals surface area contributed by atoms with Crippen LogP contribution in [0.3, 0.4) is 0 Å². The Morgan fingerprint density at radius 2 is 2.00 bits per heavy atom. The minimum absolute atomic E-state index is 0.0957. The Kier molecular flexibility index (Phi) is 6.46. The highest BCUT2D eigenvalue weighted by Crippen LogP contribution is 2.36. The lowest BCUT2D eigenvalue weighted by molar-refractivity contribution is -0.0324. The van der Waals surface area contributed by atoms with Crippen LogP contribution in [0, 0.1) is 5.92 Å². The summed E-state index contributed by atoms with van der Waals surface area (Å²) in [5.41, 5.74) is 1.05. The fourth-order valence-electron chi connectivity index (χ4n) is 5.22. The van der Waals surface area contributed by atoms with Crippen molar-refractivity contribution in [2.24, 2.45) is 5.92 Å². The Morgan fingerprint density at radius 1 is 1.22 bits per heavy atom. The lowest BCUT2D eigenvalue weighted by Gasteiger charge is -2.36. The molecule has 2 saturated carbocycles. The van der Waals surface area contributed by atoms with E-state index >= 15 is 0 Å². The van der Waals surface area contributed by atoms with Crippen LogP contribution in [-0.4, -0.2) is 50.9 Å². The van der Waals surface area contributed by atoms with Crippen molar-refractivity contribution < 1.29 is 9.53 Å². The van der Waals surface area contributed by atoms with Gasteiger partial charge in [0.25, 0.3) is 11.5 Å². The second-order valence-electron chi connectivity index (χ2n) is 10.3. The third-order valence-corrected chi connectivity index (χ3v) is 8.05. The Hall–Kier alpha value is -3.40. The van der Waals surface area contributed by atoms with E-state index in [0.717, 1.165) is 38.5 Å². The van der Waals surface area contributed by atoms with Crippen molar-refractivity contribution in [1.82, 2.24) is 24.5 Å². The van der Waals surface area contributed by atoms with Gasteiger partial charge >= 0.3 is 0 Å². The van der Waals surface area contributed by atoms with Gasteiger partial charge in [-0.1, -0.05) is 6.92 Å². The summed E-state index contributed by atoms with van der Waals surface area (Å²) in [4.78, 5) is 31.0. The number of fused-ring (bicyclic) bond motifs is 1. The van der Waals surface area contributed by atoms with E-state index in [2.05, 4.69) is 39.9 Å². The molecule has 3 heterocycles. The predicted molar refractivity (Wildman–Crippen MR) is 139 cm³/mol. The highest BCUT2D eigenvalue weighted by Gasteiger charge is 2.32. The van der Waals surface area contributed by atoms with E-state index < -0.39 is 0 Å².